The fourth-order valence-corrected chi connectivity index (χ4v) is 1.19. The molecule has 0 atom stereocenters. The van der Waals surface area contributed by atoms with E-state index in [-0.39, 0.29) is 5.56 Å². The second-order valence-electron chi connectivity index (χ2n) is 2.90. The highest BCUT2D eigenvalue weighted by molar-refractivity contribution is 6.31. The molecule has 0 aliphatic heterocycles. The monoisotopic (exact) mass is 238 g/mol. The van der Waals surface area contributed by atoms with Gasteiger partial charge < -0.3 is 5.11 Å². The van der Waals surface area contributed by atoms with Crippen LogP contribution in [0.4, 0.5) is 13.2 Å². The Hall–Kier alpha value is -1.23. The number of hydrogen-bond acceptors (Lipinski definition) is 1. The van der Waals surface area contributed by atoms with Crippen LogP contribution < -0.4 is 0 Å². The number of carbonyl (C=O) groups is 1. The predicted molar refractivity (Wildman–Crippen MR) is 47.7 cm³/mol. The molecule has 0 unspecified atom stereocenters. The van der Waals surface area contributed by atoms with Gasteiger partial charge in [-0.1, -0.05) is 23.7 Å². The van der Waals surface area contributed by atoms with Crippen LogP contribution in [0.3, 0.4) is 0 Å². The Morgan fingerprint density at radius 1 is 1.47 bits per heavy atom. The summed E-state index contributed by atoms with van der Waals surface area (Å²) >= 11 is 5.40. The van der Waals surface area contributed by atoms with E-state index in [4.69, 9.17) is 16.7 Å². The third kappa shape index (κ3) is 2.62. The minimum absolute atomic E-state index is 0.232. The standard InChI is InChI=1S/C9H6ClF3O2/c10-7-5(2-1-3-6(7)11)4-9(12,13)8(14)15/h1-3H,4H2,(H,14,15). The number of halogens is 4. The summed E-state index contributed by atoms with van der Waals surface area (Å²) in [5, 5.41) is 7.70. The van der Waals surface area contributed by atoms with Crippen molar-refractivity contribution in [2.24, 2.45) is 0 Å². The van der Waals surface area contributed by atoms with E-state index >= 15 is 0 Å². The summed E-state index contributed by atoms with van der Waals surface area (Å²) in [6, 6.07) is 3.35. The molecule has 82 valence electrons. The van der Waals surface area contributed by atoms with Crippen LogP contribution >= 0.6 is 11.6 Å². The lowest BCUT2D eigenvalue weighted by Gasteiger charge is -2.12. The molecule has 0 amide bonds. The molecule has 0 fully saturated rings. The Labute approximate surface area is 88.3 Å². The van der Waals surface area contributed by atoms with E-state index in [1.54, 1.807) is 0 Å². The van der Waals surface area contributed by atoms with Crippen LogP contribution in [-0.2, 0) is 11.2 Å². The quantitative estimate of drug-likeness (QED) is 0.879. The van der Waals surface area contributed by atoms with E-state index < -0.39 is 29.2 Å². The molecule has 0 radical (unpaired) electrons. The first-order chi connectivity index (χ1) is 6.84. The summed E-state index contributed by atoms with van der Waals surface area (Å²) in [7, 11) is 0. The zero-order chi connectivity index (χ0) is 11.6. The Kier molecular flexibility index (Phi) is 3.24. The fourth-order valence-electron chi connectivity index (χ4n) is 1.000. The molecule has 1 aromatic rings. The molecular formula is C9H6ClF3O2. The molecule has 0 heterocycles. The van der Waals surface area contributed by atoms with Crippen molar-refractivity contribution in [3.8, 4) is 0 Å². The molecule has 6 heteroatoms. The lowest BCUT2D eigenvalue weighted by molar-refractivity contribution is -0.164. The van der Waals surface area contributed by atoms with Crippen LogP contribution in [0.2, 0.25) is 5.02 Å². The number of alkyl halides is 2. The van der Waals surface area contributed by atoms with Crippen molar-refractivity contribution in [2.75, 3.05) is 0 Å². The minimum Gasteiger partial charge on any atom is -0.477 e. The van der Waals surface area contributed by atoms with Crippen LogP contribution in [0.25, 0.3) is 0 Å². The first-order valence-corrected chi connectivity index (χ1v) is 4.26. The average molecular weight is 239 g/mol. The number of carboxylic acid groups (broad SMARTS) is 1. The summed E-state index contributed by atoms with van der Waals surface area (Å²) in [6.45, 7) is 0. The number of hydrogen-bond donors (Lipinski definition) is 1. The molecule has 1 rings (SSSR count). The lowest BCUT2D eigenvalue weighted by Crippen LogP contribution is -2.30. The topological polar surface area (TPSA) is 37.3 Å². The molecular weight excluding hydrogens is 233 g/mol. The van der Waals surface area contributed by atoms with Crippen molar-refractivity contribution in [1.29, 1.82) is 0 Å². The molecule has 0 bridgehead atoms. The van der Waals surface area contributed by atoms with Gasteiger partial charge in [-0.15, -0.1) is 0 Å². The van der Waals surface area contributed by atoms with Gasteiger partial charge in [-0.05, 0) is 11.6 Å². The third-order valence-electron chi connectivity index (χ3n) is 1.76. The van der Waals surface area contributed by atoms with Crippen molar-refractivity contribution in [1.82, 2.24) is 0 Å². The summed E-state index contributed by atoms with van der Waals surface area (Å²) in [5.41, 5.74) is -0.232. The number of carboxylic acids is 1. The van der Waals surface area contributed by atoms with Crippen molar-refractivity contribution < 1.29 is 23.1 Å². The molecule has 0 spiro atoms. The summed E-state index contributed by atoms with van der Waals surface area (Å²) in [5.74, 6) is -7.06. The zero-order valence-corrected chi connectivity index (χ0v) is 8.06. The van der Waals surface area contributed by atoms with Gasteiger partial charge in [0.15, 0.2) is 0 Å². The Bertz CT molecular complexity index is 393. The van der Waals surface area contributed by atoms with E-state index in [9.17, 15) is 18.0 Å². The Morgan fingerprint density at radius 3 is 2.60 bits per heavy atom. The first kappa shape index (κ1) is 11.8. The highest BCUT2D eigenvalue weighted by atomic mass is 35.5. The van der Waals surface area contributed by atoms with Crippen LogP contribution in [0.5, 0.6) is 0 Å². The van der Waals surface area contributed by atoms with E-state index in [0.29, 0.717) is 0 Å². The van der Waals surface area contributed by atoms with Gasteiger partial charge in [-0.2, -0.15) is 8.78 Å². The summed E-state index contributed by atoms with van der Waals surface area (Å²) in [6.07, 6.45) is -1.13. The van der Waals surface area contributed by atoms with Crippen LogP contribution in [0.1, 0.15) is 5.56 Å². The van der Waals surface area contributed by atoms with E-state index in [0.717, 1.165) is 12.1 Å². The molecule has 1 N–H and O–H groups in total. The van der Waals surface area contributed by atoms with Crippen molar-refractivity contribution >= 4 is 17.6 Å². The van der Waals surface area contributed by atoms with Crippen LogP contribution in [-0.4, -0.2) is 17.0 Å². The van der Waals surface area contributed by atoms with E-state index in [1.807, 2.05) is 0 Å². The van der Waals surface area contributed by atoms with Gasteiger partial charge in [-0.25, -0.2) is 9.18 Å². The normalized spacial score (nSPS) is 11.5. The second-order valence-corrected chi connectivity index (χ2v) is 3.28. The molecule has 0 saturated carbocycles. The smallest absolute Gasteiger partial charge is 0.374 e. The Balaban J connectivity index is 3.00. The zero-order valence-electron chi connectivity index (χ0n) is 7.31. The number of benzene rings is 1. The summed E-state index contributed by atoms with van der Waals surface area (Å²) in [4.78, 5) is 10.1. The molecule has 2 nitrogen and oxygen atoms in total. The molecule has 15 heavy (non-hydrogen) atoms. The second kappa shape index (κ2) is 4.10. The van der Waals surface area contributed by atoms with Gasteiger partial charge >= 0.3 is 11.9 Å². The maximum Gasteiger partial charge on any atom is 0.374 e. The largest absolute Gasteiger partial charge is 0.477 e. The average Bonchev–Trinajstić information content (AvgIpc) is 2.12. The SMILES string of the molecule is O=C(O)C(F)(F)Cc1cccc(F)c1Cl. The Morgan fingerprint density at radius 2 is 2.07 bits per heavy atom. The first-order valence-electron chi connectivity index (χ1n) is 3.88. The highest BCUT2D eigenvalue weighted by Gasteiger charge is 2.39. The van der Waals surface area contributed by atoms with Gasteiger partial charge in [0.1, 0.15) is 5.82 Å². The molecule has 0 aliphatic rings. The molecule has 0 aliphatic carbocycles. The van der Waals surface area contributed by atoms with Crippen molar-refractivity contribution in [3.05, 3.63) is 34.6 Å². The third-order valence-corrected chi connectivity index (χ3v) is 2.18. The van der Waals surface area contributed by atoms with Crippen LogP contribution in [0.15, 0.2) is 18.2 Å². The minimum atomic E-state index is -3.95. The maximum absolute atomic E-state index is 12.8. The van der Waals surface area contributed by atoms with Gasteiger partial charge in [0.05, 0.1) is 5.02 Å². The van der Waals surface area contributed by atoms with Gasteiger partial charge in [-0.3, -0.25) is 0 Å². The van der Waals surface area contributed by atoms with E-state index in [1.165, 1.54) is 6.07 Å². The van der Waals surface area contributed by atoms with Crippen molar-refractivity contribution in [2.45, 2.75) is 12.3 Å². The van der Waals surface area contributed by atoms with Crippen molar-refractivity contribution in [3.63, 3.8) is 0 Å². The maximum atomic E-state index is 12.8. The molecule has 0 aromatic heterocycles. The van der Waals surface area contributed by atoms with Gasteiger partial charge in [0.25, 0.3) is 0 Å². The van der Waals surface area contributed by atoms with Gasteiger partial charge in [0, 0.05) is 6.42 Å². The van der Waals surface area contributed by atoms with Gasteiger partial charge in [0.2, 0.25) is 0 Å². The number of rotatable bonds is 3. The fraction of sp³-hybridized carbons (Fsp3) is 0.222. The van der Waals surface area contributed by atoms with Crippen LogP contribution in [0, 0.1) is 5.82 Å². The summed E-state index contributed by atoms with van der Waals surface area (Å²) < 4.78 is 38.4. The molecule has 1 aromatic carbocycles. The van der Waals surface area contributed by atoms with E-state index in [2.05, 4.69) is 0 Å². The lowest BCUT2D eigenvalue weighted by atomic mass is 10.1. The molecule has 0 saturated heterocycles. The predicted octanol–water partition coefficient (Wildman–Crippen LogP) is 2.74. The number of aliphatic carboxylic acids is 1. The highest BCUT2D eigenvalue weighted by Crippen LogP contribution is 2.26.